The minimum Gasteiger partial charge on any atom is -0.464 e. The highest BCUT2D eigenvalue weighted by molar-refractivity contribution is 5.88. The van der Waals surface area contributed by atoms with Crippen LogP contribution in [0.2, 0.25) is 0 Å². The minimum atomic E-state index is -0.404. The van der Waals surface area contributed by atoms with Gasteiger partial charge in [0.15, 0.2) is 0 Å². The van der Waals surface area contributed by atoms with Crippen LogP contribution in [0.5, 0.6) is 0 Å². The predicted molar refractivity (Wildman–Crippen MR) is 65.1 cm³/mol. The minimum absolute atomic E-state index is 0.339. The van der Waals surface area contributed by atoms with Crippen molar-refractivity contribution < 1.29 is 9.53 Å². The summed E-state index contributed by atoms with van der Waals surface area (Å²) in [5.41, 5.74) is 1.26. The lowest BCUT2D eigenvalue weighted by atomic mass is 10.1. The van der Waals surface area contributed by atoms with Crippen LogP contribution in [0.1, 0.15) is 23.3 Å². The molecule has 1 aliphatic heterocycles. The zero-order chi connectivity index (χ0) is 12.1. The maximum absolute atomic E-state index is 11.3. The van der Waals surface area contributed by atoms with Gasteiger partial charge in [-0.1, -0.05) is 0 Å². The van der Waals surface area contributed by atoms with Gasteiger partial charge >= 0.3 is 5.97 Å². The fourth-order valence-electron chi connectivity index (χ4n) is 1.94. The Balaban J connectivity index is 2.02. The second kappa shape index (κ2) is 5.63. The summed E-state index contributed by atoms with van der Waals surface area (Å²) in [6, 6.07) is 4.06. The highest BCUT2D eigenvalue weighted by Gasteiger charge is 2.13. The fourth-order valence-corrected chi connectivity index (χ4v) is 1.94. The van der Waals surface area contributed by atoms with E-state index in [0.717, 1.165) is 31.6 Å². The summed E-state index contributed by atoms with van der Waals surface area (Å²) in [6.45, 7) is 2.07. The van der Waals surface area contributed by atoms with Crippen LogP contribution in [0.25, 0.3) is 0 Å². The Kier molecular flexibility index (Phi) is 3.93. The Labute approximate surface area is 101 Å². The van der Waals surface area contributed by atoms with E-state index in [2.05, 4.69) is 20.4 Å². The van der Waals surface area contributed by atoms with E-state index in [9.17, 15) is 4.79 Å². The molecule has 1 saturated heterocycles. The lowest BCUT2D eigenvalue weighted by molar-refractivity contribution is 0.0594. The van der Waals surface area contributed by atoms with Crippen molar-refractivity contribution in [1.29, 1.82) is 0 Å². The Morgan fingerprint density at radius 3 is 3.00 bits per heavy atom. The third-order valence-electron chi connectivity index (χ3n) is 2.86. The van der Waals surface area contributed by atoms with Gasteiger partial charge in [0.05, 0.1) is 7.11 Å². The van der Waals surface area contributed by atoms with Crippen LogP contribution >= 0.6 is 0 Å². The quantitative estimate of drug-likeness (QED) is 0.766. The highest BCUT2D eigenvalue weighted by Crippen LogP contribution is 2.14. The molecule has 0 aliphatic carbocycles. The first-order valence-corrected chi connectivity index (χ1v) is 5.81. The van der Waals surface area contributed by atoms with Crippen LogP contribution < -0.4 is 10.6 Å². The van der Waals surface area contributed by atoms with E-state index in [1.54, 1.807) is 12.3 Å². The Morgan fingerprint density at radius 1 is 1.53 bits per heavy atom. The molecule has 17 heavy (non-hydrogen) atoms. The topological polar surface area (TPSA) is 63.2 Å². The van der Waals surface area contributed by atoms with Gasteiger partial charge in [0.2, 0.25) is 0 Å². The molecule has 0 aromatic carbocycles. The molecule has 1 fully saturated rings. The number of piperidine rings is 1. The summed E-state index contributed by atoms with van der Waals surface area (Å²) in [5, 5.41) is 6.73. The number of anilines is 1. The van der Waals surface area contributed by atoms with E-state index in [1.807, 2.05) is 6.07 Å². The number of aromatic nitrogens is 1. The molecule has 0 unspecified atom stereocenters. The second-order valence-electron chi connectivity index (χ2n) is 4.09. The fraction of sp³-hybridized carbons (Fsp3) is 0.500. The lowest BCUT2D eigenvalue weighted by Gasteiger charge is -2.24. The maximum atomic E-state index is 11.3. The number of methoxy groups -OCH3 is 1. The van der Waals surface area contributed by atoms with E-state index in [4.69, 9.17) is 0 Å². The molecule has 1 aromatic rings. The second-order valence-corrected chi connectivity index (χ2v) is 4.09. The van der Waals surface area contributed by atoms with Gasteiger partial charge in [-0.25, -0.2) is 9.78 Å². The number of pyridine rings is 1. The van der Waals surface area contributed by atoms with Crippen molar-refractivity contribution in [2.24, 2.45) is 0 Å². The summed E-state index contributed by atoms with van der Waals surface area (Å²) < 4.78 is 4.64. The van der Waals surface area contributed by atoms with Crippen LogP contribution in [-0.2, 0) is 4.74 Å². The molecule has 5 nitrogen and oxygen atoms in total. The zero-order valence-electron chi connectivity index (χ0n) is 9.90. The Hall–Kier alpha value is -1.62. The van der Waals surface area contributed by atoms with Gasteiger partial charge in [-0.3, -0.25) is 0 Å². The number of hydrogen-bond acceptors (Lipinski definition) is 5. The third-order valence-corrected chi connectivity index (χ3v) is 2.86. The van der Waals surface area contributed by atoms with Crippen molar-refractivity contribution in [3.05, 3.63) is 24.0 Å². The first-order chi connectivity index (χ1) is 8.29. The van der Waals surface area contributed by atoms with Crippen molar-refractivity contribution in [2.45, 2.75) is 18.9 Å². The number of rotatable bonds is 3. The van der Waals surface area contributed by atoms with Crippen LogP contribution in [0.15, 0.2) is 18.3 Å². The zero-order valence-corrected chi connectivity index (χ0v) is 9.90. The molecule has 2 heterocycles. The highest BCUT2D eigenvalue weighted by atomic mass is 16.5. The van der Waals surface area contributed by atoms with Crippen molar-refractivity contribution in [2.75, 3.05) is 25.5 Å². The molecular weight excluding hydrogens is 218 g/mol. The smallest absolute Gasteiger partial charge is 0.356 e. The molecule has 0 atom stereocenters. The summed E-state index contributed by atoms with van der Waals surface area (Å²) in [6.07, 6.45) is 3.81. The summed E-state index contributed by atoms with van der Waals surface area (Å²) in [7, 11) is 1.36. The van der Waals surface area contributed by atoms with Gasteiger partial charge in [-0.2, -0.15) is 0 Å². The number of nitrogens with zero attached hydrogens (tertiary/aromatic N) is 1. The van der Waals surface area contributed by atoms with Crippen molar-refractivity contribution in [3.8, 4) is 0 Å². The van der Waals surface area contributed by atoms with E-state index >= 15 is 0 Å². The number of nitrogens with one attached hydrogen (secondary N) is 2. The van der Waals surface area contributed by atoms with Crippen LogP contribution in [0.3, 0.4) is 0 Å². The van der Waals surface area contributed by atoms with Gasteiger partial charge in [0.1, 0.15) is 5.69 Å². The van der Waals surface area contributed by atoms with E-state index < -0.39 is 5.97 Å². The molecule has 0 spiro atoms. The molecule has 0 bridgehead atoms. The Bertz CT molecular complexity index is 389. The number of carbonyl (C=O) groups excluding carboxylic acids is 1. The predicted octanol–water partition coefficient (Wildman–Crippen LogP) is 1.03. The first-order valence-electron chi connectivity index (χ1n) is 5.81. The normalized spacial score (nSPS) is 16.5. The van der Waals surface area contributed by atoms with Gasteiger partial charge in [-0.05, 0) is 38.1 Å². The third kappa shape index (κ3) is 3.17. The van der Waals surface area contributed by atoms with E-state index in [0.29, 0.717) is 11.7 Å². The average Bonchev–Trinajstić information content (AvgIpc) is 2.39. The van der Waals surface area contributed by atoms with Gasteiger partial charge < -0.3 is 15.4 Å². The Morgan fingerprint density at radius 2 is 2.29 bits per heavy atom. The van der Waals surface area contributed by atoms with Crippen molar-refractivity contribution in [3.63, 3.8) is 0 Å². The standard InChI is InChI=1S/C12H17N3O2/c1-17-12(16)11-8-10(4-7-14-11)15-9-2-5-13-6-3-9/h4,7-9,13H,2-3,5-6H2,1H3,(H,14,15). The molecule has 0 amide bonds. The van der Waals surface area contributed by atoms with Crippen molar-refractivity contribution >= 4 is 11.7 Å². The van der Waals surface area contributed by atoms with Gasteiger partial charge in [0.25, 0.3) is 0 Å². The molecule has 1 aliphatic rings. The largest absolute Gasteiger partial charge is 0.464 e. The van der Waals surface area contributed by atoms with E-state index in [-0.39, 0.29) is 0 Å². The van der Waals surface area contributed by atoms with Crippen LogP contribution in [0, 0.1) is 0 Å². The molecule has 5 heteroatoms. The number of esters is 1. The molecule has 92 valence electrons. The summed E-state index contributed by atoms with van der Waals surface area (Å²) in [4.78, 5) is 15.3. The summed E-state index contributed by atoms with van der Waals surface area (Å²) in [5.74, 6) is -0.404. The molecule has 2 rings (SSSR count). The molecule has 1 aromatic heterocycles. The molecule has 2 N–H and O–H groups in total. The maximum Gasteiger partial charge on any atom is 0.356 e. The summed E-state index contributed by atoms with van der Waals surface area (Å²) >= 11 is 0. The van der Waals surface area contributed by atoms with E-state index in [1.165, 1.54) is 7.11 Å². The SMILES string of the molecule is COC(=O)c1cc(NC2CCNCC2)ccn1. The average molecular weight is 235 g/mol. The van der Waals surface area contributed by atoms with Crippen molar-refractivity contribution in [1.82, 2.24) is 10.3 Å². The molecule has 0 radical (unpaired) electrons. The van der Waals surface area contributed by atoms with Gasteiger partial charge in [-0.15, -0.1) is 0 Å². The first kappa shape index (κ1) is 11.9. The van der Waals surface area contributed by atoms with Crippen LogP contribution in [0.4, 0.5) is 5.69 Å². The van der Waals surface area contributed by atoms with Crippen LogP contribution in [-0.4, -0.2) is 37.2 Å². The van der Waals surface area contributed by atoms with Gasteiger partial charge in [0, 0.05) is 17.9 Å². The lowest BCUT2D eigenvalue weighted by Crippen LogP contribution is -2.35. The number of carbonyl (C=O) groups is 1. The number of hydrogen-bond donors (Lipinski definition) is 2. The monoisotopic (exact) mass is 235 g/mol. The molecule has 0 saturated carbocycles. The molecular formula is C12H17N3O2. The number of ether oxygens (including phenoxy) is 1.